The summed E-state index contributed by atoms with van der Waals surface area (Å²) in [4.78, 5) is 35.1. The van der Waals surface area contributed by atoms with Crippen molar-refractivity contribution in [2.45, 2.75) is 19.8 Å². The number of H-pyrrole nitrogens is 2. The maximum Gasteiger partial charge on any atom is 0.269 e. The highest BCUT2D eigenvalue weighted by Crippen LogP contribution is 2.35. The molecule has 1 amide bonds. The van der Waals surface area contributed by atoms with E-state index in [1.807, 2.05) is 0 Å². The number of nitrogens with zero attached hydrogens (tertiary/aromatic N) is 2. The highest BCUT2D eigenvalue weighted by Gasteiger charge is 2.39. The molecule has 0 aliphatic carbocycles. The Kier molecular flexibility index (Phi) is 3.76. The molecule has 0 saturated carbocycles. The van der Waals surface area contributed by atoms with Crippen molar-refractivity contribution in [3.8, 4) is 0 Å². The molecule has 0 spiro atoms. The minimum atomic E-state index is -0.706. The fraction of sp³-hybridized carbons (Fsp3) is 0.267. The zero-order valence-electron chi connectivity index (χ0n) is 13.0. The summed E-state index contributed by atoms with van der Waals surface area (Å²) in [6.07, 6.45) is 0. The number of nitrogens with one attached hydrogen (secondary N) is 3. The van der Waals surface area contributed by atoms with Crippen LogP contribution in [0.15, 0.2) is 34.2 Å². The van der Waals surface area contributed by atoms with Gasteiger partial charge in [-0.1, -0.05) is 12.1 Å². The molecule has 2 atom stereocenters. The van der Waals surface area contributed by atoms with E-state index in [2.05, 4.69) is 20.7 Å². The second-order valence-corrected chi connectivity index (χ2v) is 5.65. The van der Waals surface area contributed by atoms with E-state index in [9.17, 15) is 19.7 Å². The van der Waals surface area contributed by atoms with Crippen LogP contribution in [0.5, 0.6) is 0 Å². The van der Waals surface area contributed by atoms with Gasteiger partial charge in [-0.3, -0.25) is 24.8 Å². The molecule has 24 heavy (non-hydrogen) atoms. The van der Waals surface area contributed by atoms with Crippen LogP contribution in [0.4, 0.5) is 5.69 Å². The minimum Gasteiger partial charge on any atom is -0.302 e. The molecule has 2 heterocycles. The molecule has 0 radical (unpaired) electrons. The van der Waals surface area contributed by atoms with Gasteiger partial charge < -0.3 is 5.10 Å². The van der Waals surface area contributed by atoms with Crippen LogP contribution in [0.1, 0.15) is 29.7 Å². The standard InChI is InChI=1S/C15H15N5O4/c1-7-11(14(21)18-16-7)13(12-8(2)17-19-15(12)22)9-4-3-5-10(6-9)20(23)24/h3-6,11,13H,1-2H3,(H,18,21)(H2,17,19,22). The van der Waals surface area contributed by atoms with Gasteiger partial charge in [-0.15, -0.1) is 0 Å². The summed E-state index contributed by atoms with van der Waals surface area (Å²) < 4.78 is 0. The van der Waals surface area contributed by atoms with E-state index in [-0.39, 0.29) is 17.2 Å². The van der Waals surface area contributed by atoms with Crippen LogP contribution < -0.4 is 11.0 Å². The normalized spacial score (nSPS) is 18.2. The number of carbonyl (C=O) groups is 1. The lowest BCUT2D eigenvalue weighted by Gasteiger charge is -2.21. The number of carbonyl (C=O) groups excluding carboxylic acids is 1. The molecule has 3 N–H and O–H groups in total. The summed E-state index contributed by atoms with van der Waals surface area (Å²) in [7, 11) is 0. The molecule has 3 rings (SSSR count). The Labute approximate surface area is 135 Å². The average molecular weight is 329 g/mol. The van der Waals surface area contributed by atoms with E-state index in [4.69, 9.17) is 0 Å². The number of hydrazone groups is 1. The van der Waals surface area contributed by atoms with Gasteiger partial charge in [0.05, 0.1) is 10.8 Å². The van der Waals surface area contributed by atoms with Crippen molar-refractivity contribution in [2.75, 3.05) is 0 Å². The molecule has 2 unspecified atom stereocenters. The van der Waals surface area contributed by atoms with Gasteiger partial charge in [0.1, 0.15) is 0 Å². The summed E-state index contributed by atoms with van der Waals surface area (Å²) in [5.41, 5.74) is 3.91. The molecule has 124 valence electrons. The molecule has 1 aromatic heterocycles. The number of rotatable bonds is 4. The first-order chi connectivity index (χ1) is 11.4. The molecule has 0 saturated heterocycles. The molecule has 1 aliphatic heterocycles. The van der Waals surface area contributed by atoms with Gasteiger partial charge in [-0.25, -0.2) is 5.43 Å². The SMILES string of the molecule is CC1=NNC(=O)C1C(c1cccc([N+](=O)[O-])c1)c1c(C)[nH][nH]c1=O. The Morgan fingerprint density at radius 3 is 2.54 bits per heavy atom. The second-order valence-electron chi connectivity index (χ2n) is 5.65. The predicted octanol–water partition coefficient (Wildman–Crippen LogP) is 1.17. The summed E-state index contributed by atoms with van der Waals surface area (Å²) in [6, 6.07) is 5.96. The largest absolute Gasteiger partial charge is 0.302 e. The number of hydrogen-bond acceptors (Lipinski definition) is 5. The predicted molar refractivity (Wildman–Crippen MR) is 85.8 cm³/mol. The number of hydrogen-bond donors (Lipinski definition) is 3. The Morgan fingerprint density at radius 1 is 1.25 bits per heavy atom. The Bertz CT molecular complexity index is 911. The van der Waals surface area contributed by atoms with Crippen LogP contribution in [0.25, 0.3) is 0 Å². The number of aryl methyl sites for hydroxylation is 1. The number of amides is 1. The minimum absolute atomic E-state index is 0.102. The highest BCUT2D eigenvalue weighted by molar-refractivity contribution is 6.08. The topological polar surface area (TPSA) is 133 Å². The monoisotopic (exact) mass is 329 g/mol. The maximum absolute atomic E-state index is 12.3. The third kappa shape index (κ3) is 2.49. The summed E-state index contributed by atoms with van der Waals surface area (Å²) in [6.45, 7) is 3.39. The molecule has 2 aromatic rings. The molecular formula is C15H15N5O4. The van der Waals surface area contributed by atoms with Crippen LogP contribution in [0, 0.1) is 23.0 Å². The first-order valence-corrected chi connectivity index (χ1v) is 7.25. The van der Waals surface area contributed by atoms with Crippen molar-refractivity contribution >= 4 is 17.3 Å². The van der Waals surface area contributed by atoms with Crippen molar-refractivity contribution < 1.29 is 9.72 Å². The van der Waals surface area contributed by atoms with Gasteiger partial charge in [0.25, 0.3) is 11.2 Å². The number of aromatic amines is 2. The van der Waals surface area contributed by atoms with Crippen molar-refractivity contribution in [1.29, 1.82) is 0 Å². The lowest BCUT2D eigenvalue weighted by Crippen LogP contribution is -2.31. The second kappa shape index (κ2) is 5.76. The number of aromatic nitrogens is 2. The van der Waals surface area contributed by atoms with Crippen molar-refractivity contribution in [3.63, 3.8) is 0 Å². The fourth-order valence-electron chi connectivity index (χ4n) is 3.05. The lowest BCUT2D eigenvalue weighted by atomic mass is 9.78. The summed E-state index contributed by atoms with van der Waals surface area (Å²) >= 11 is 0. The van der Waals surface area contributed by atoms with Gasteiger partial charge in [0, 0.05) is 35.0 Å². The van der Waals surface area contributed by atoms with Crippen LogP contribution in [-0.4, -0.2) is 26.7 Å². The maximum atomic E-state index is 12.3. The van der Waals surface area contributed by atoms with Gasteiger partial charge in [0.2, 0.25) is 5.91 Å². The van der Waals surface area contributed by atoms with Gasteiger partial charge in [0.15, 0.2) is 0 Å². The third-order valence-electron chi connectivity index (χ3n) is 4.17. The first kappa shape index (κ1) is 15.7. The molecule has 1 aromatic carbocycles. The first-order valence-electron chi connectivity index (χ1n) is 7.25. The van der Waals surface area contributed by atoms with Crippen LogP contribution in [0.3, 0.4) is 0 Å². The van der Waals surface area contributed by atoms with Crippen molar-refractivity contribution in [1.82, 2.24) is 15.6 Å². The number of non-ortho nitro benzene ring substituents is 1. The molecule has 9 heteroatoms. The summed E-state index contributed by atoms with van der Waals surface area (Å²) in [5.74, 6) is -1.72. The number of benzene rings is 1. The van der Waals surface area contributed by atoms with Crippen molar-refractivity contribution in [2.24, 2.45) is 11.0 Å². The highest BCUT2D eigenvalue weighted by atomic mass is 16.6. The number of nitro groups is 1. The van der Waals surface area contributed by atoms with Crippen molar-refractivity contribution in [3.05, 3.63) is 61.6 Å². The van der Waals surface area contributed by atoms with Crippen LogP contribution in [0.2, 0.25) is 0 Å². The molecule has 9 nitrogen and oxygen atoms in total. The Balaban J connectivity index is 2.22. The van der Waals surface area contributed by atoms with E-state index in [0.29, 0.717) is 22.5 Å². The van der Waals surface area contributed by atoms with E-state index < -0.39 is 16.8 Å². The fourth-order valence-corrected chi connectivity index (χ4v) is 3.05. The Hall–Kier alpha value is -3.23. The average Bonchev–Trinajstić information content (AvgIpc) is 3.05. The molecule has 0 bridgehead atoms. The van der Waals surface area contributed by atoms with Crippen LogP contribution in [-0.2, 0) is 4.79 Å². The van der Waals surface area contributed by atoms with E-state index in [1.54, 1.807) is 19.9 Å². The van der Waals surface area contributed by atoms with E-state index in [0.717, 1.165) is 0 Å². The van der Waals surface area contributed by atoms with Gasteiger partial charge in [-0.05, 0) is 19.4 Å². The zero-order valence-corrected chi connectivity index (χ0v) is 13.0. The van der Waals surface area contributed by atoms with Gasteiger partial charge in [-0.2, -0.15) is 5.10 Å². The van der Waals surface area contributed by atoms with Gasteiger partial charge >= 0.3 is 0 Å². The van der Waals surface area contributed by atoms with Crippen LogP contribution >= 0.6 is 0 Å². The molecule has 1 aliphatic rings. The zero-order chi connectivity index (χ0) is 17.4. The quantitative estimate of drug-likeness (QED) is 0.573. The Morgan fingerprint density at radius 2 is 2.00 bits per heavy atom. The van der Waals surface area contributed by atoms with E-state index >= 15 is 0 Å². The van der Waals surface area contributed by atoms with E-state index in [1.165, 1.54) is 18.2 Å². The lowest BCUT2D eigenvalue weighted by molar-refractivity contribution is -0.384. The molecular weight excluding hydrogens is 314 g/mol. The third-order valence-corrected chi connectivity index (χ3v) is 4.17. The summed E-state index contributed by atoms with van der Waals surface area (Å²) in [5, 5.41) is 20.2. The number of nitro benzene ring substituents is 1. The molecule has 0 fully saturated rings. The smallest absolute Gasteiger partial charge is 0.269 e.